The van der Waals surface area contributed by atoms with Gasteiger partial charge in [-0.2, -0.15) is 0 Å². The van der Waals surface area contributed by atoms with E-state index in [1.807, 2.05) is 23.6 Å². The summed E-state index contributed by atoms with van der Waals surface area (Å²) in [4.78, 5) is 18.2. The van der Waals surface area contributed by atoms with Gasteiger partial charge in [0.2, 0.25) is 0 Å². The van der Waals surface area contributed by atoms with E-state index in [9.17, 15) is 4.79 Å². The van der Waals surface area contributed by atoms with Crippen LogP contribution in [-0.4, -0.2) is 72.4 Å². The summed E-state index contributed by atoms with van der Waals surface area (Å²) >= 11 is 5.70. The molecule has 1 aliphatic rings. The van der Waals surface area contributed by atoms with Crippen molar-refractivity contribution in [1.29, 1.82) is 0 Å². The minimum absolute atomic E-state index is 0. The zero-order chi connectivity index (χ0) is 12.0. The summed E-state index contributed by atoms with van der Waals surface area (Å²) in [5.41, 5.74) is 0. The van der Waals surface area contributed by atoms with Gasteiger partial charge in [-0.1, -0.05) is 0 Å². The second kappa shape index (κ2) is 8.84. The van der Waals surface area contributed by atoms with Gasteiger partial charge in [-0.05, 0) is 13.8 Å². The highest BCUT2D eigenvalue weighted by atomic mass is 35.5. The molecule has 2 amide bonds. The Hall–Kier alpha value is -0.190. The third kappa shape index (κ3) is 4.90. The van der Waals surface area contributed by atoms with Crippen LogP contribution in [0.5, 0.6) is 0 Å². The van der Waals surface area contributed by atoms with Crippen molar-refractivity contribution in [1.82, 2.24) is 14.7 Å². The van der Waals surface area contributed by atoms with E-state index in [1.54, 1.807) is 0 Å². The van der Waals surface area contributed by atoms with Gasteiger partial charge in [-0.15, -0.1) is 24.0 Å². The van der Waals surface area contributed by atoms with Crippen LogP contribution in [0.1, 0.15) is 13.8 Å². The Morgan fingerprint density at radius 2 is 1.71 bits per heavy atom. The maximum absolute atomic E-state index is 12.0. The first-order valence-corrected chi connectivity index (χ1v) is 6.58. The molecule has 0 aromatic carbocycles. The Morgan fingerprint density at radius 3 is 2.12 bits per heavy atom. The summed E-state index contributed by atoms with van der Waals surface area (Å²) in [6.07, 6.45) is 0. The molecule has 1 saturated heterocycles. The molecule has 1 heterocycles. The number of halogens is 2. The van der Waals surface area contributed by atoms with E-state index >= 15 is 0 Å². The number of urea groups is 1. The van der Waals surface area contributed by atoms with Crippen molar-refractivity contribution in [3.05, 3.63) is 0 Å². The monoisotopic (exact) mass is 283 g/mol. The number of rotatable bonds is 4. The van der Waals surface area contributed by atoms with E-state index in [-0.39, 0.29) is 18.4 Å². The molecule has 0 aromatic heterocycles. The molecule has 0 aliphatic carbocycles. The normalized spacial score (nSPS) is 16.5. The standard InChI is InChI=1S/C11H22ClN3O.ClH/c1-3-14(4-2)11(16)15-9-7-13(6-5-12)8-10-15;/h3-10H2,1-2H3;1H. The number of alkyl halides is 1. The second-order valence-electron chi connectivity index (χ2n) is 3.97. The lowest BCUT2D eigenvalue weighted by atomic mass is 10.3. The molecular weight excluding hydrogens is 261 g/mol. The van der Waals surface area contributed by atoms with Crippen LogP contribution in [-0.2, 0) is 0 Å². The van der Waals surface area contributed by atoms with E-state index in [2.05, 4.69) is 4.90 Å². The van der Waals surface area contributed by atoms with E-state index in [1.165, 1.54) is 0 Å². The third-order valence-electron chi connectivity index (χ3n) is 3.08. The minimum Gasteiger partial charge on any atom is -0.325 e. The largest absolute Gasteiger partial charge is 0.325 e. The fraction of sp³-hybridized carbons (Fsp3) is 0.909. The molecule has 1 rings (SSSR count). The summed E-state index contributed by atoms with van der Waals surface area (Å²) in [7, 11) is 0. The summed E-state index contributed by atoms with van der Waals surface area (Å²) < 4.78 is 0. The van der Waals surface area contributed by atoms with E-state index in [0.717, 1.165) is 45.8 Å². The molecule has 0 aromatic rings. The first kappa shape index (κ1) is 16.8. The van der Waals surface area contributed by atoms with Crippen LogP contribution in [0.25, 0.3) is 0 Å². The number of piperazine rings is 1. The van der Waals surface area contributed by atoms with Gasteiger partial charge in [0.1, 0.15) is 0 Å². The lowest BCUT2D eigenvalue weighted by Gasteiger charge is -2.36. The molecule has 0 saturated carbocycles. The van der Waals surface area contributed by atoms with Gasteiger partial charge < -0.3 is 9.80 Å². The van der Waals surface area contributed by atoms with Crippen LogP contribution in [0.15, 0.2) is 0 Å². The van der Waals surface area contributed by atoms with E-state index < -0.39 is 0 Å². The van der Waals surface area contributed by atoms with Crippen LogP contribution >= 0.6 is 24.0 Å². The number of nitrogens with zero attached hydrogens (tertiary/aromatic N) is 3. The number of carbonyl (C=O) groups is 1. The van der Waals surface area contributed by atoms with E-state index in [0.29, 0.717) is 5.88 Å². The molecule has 102 valence electrons. The maximum atomic E-state index is 12.0. The molecule has 4 nitrogen and oxygen atoms in total. The zero-order valence-corrected chi connectivity index (χ0v) is 12.3. The van der Waals surface area contributed by atoms with Gasteiger partial charge in [0.15, 0.2) is 0 Å². The topological polar surface area (TPSA) is 26.8 Å². The summed E-state index contributed by atoms with van der Waals surface area (Å²) in [6, 6.07) is 0.176. The lowest BCUT2D eigenvalue weighted by Crippen LogP contribution is -2.53. The summed E-state index contributed by atoms with van der Waals surface area (Å²) in [5.74, 6) is 0.671. The highest BCUT2D eigenvalue weighted by Crippen LogP contribution is 2.05. The van der Waals surface area contributed by atoms with Crippen molar-refractivity contribution in [3.8, 4) is 0 Å². The molecule has 0 spiro atoms. The zero-order valence-electron chi connectivity index (χ0n) is 10.7. The Labute approximate surface area is 115 Å². The average molecular weight is 284 g/mol. The fourth-order valence-corrected chi connectivity index (χ4v) is 2.22. The average Bonchev–Trinajstić information content (AvgIpc) is 2.32. The fourth-order valence-electron chi connectivity index (χ4n) is 1.98. The number of hydrogen-bond acceptors (Lipinski definition) is 2. The van der Waals surface area contributed by atoms with Crippen LogP contribution < -0.4 is 0 Å². The Kier molecular flexibility index (Phi) is 8.74. The van der Waals surface area contributed by atoms with Crippen molar-refractivity contribution in [2.75, 3.05) is 51.7 Å². The van der Waals surface area contributed by atoms with Gasteiger partial charge >= 0.3 is 6.03 Å². The summed E-state index contributed by atoms with van der Waals surface area (Å²) in [6.45, 7) is 10.1. The summed E-state index contributed by atoms with van der Waals surface area (Å²) in [5, 5.41) is 0. The van der Waals surface area contributed by atoms with Crippen LogP contribution in [0, 0.1) is 0 Å². The predicted octanol–water partition coefficient (Wildman–Crippen LogP) is 1.73. The molecule has 0 N–H and O–H groups in total. The SMILES string of the molecule is CCN(CC)C(=O)N1CCN(CCCl)CC1.Cl. The van der Waals surface area contributed by atoms with Crippen molar-refractivity contribution in [2.45, 2.75) is 13.8 Å². The Bertz CT molecular complexity index is 217. The quantitative estimate of drug-likeness (QED) is 0.735. The second-order valence-corrected chi connectivity index (χ2v) is 4.35. The van der Waals surface area contributed by atoms with Crippen molar-refractivity contribution in [3.63, 3.8) is 0 Å². The number of amides is 2. The molecule has 0 radical (unpaired) electrons. The number of carbonyl (C=O) groups excluding carboxylic acids is 1. The van der Waals surface area contributed by atoms with Crippen LogP contribution in [0.3, 0.4) is 0 Å². The van der Waals surface area contributed by atoms with E-state index in [4.69, 9.17) is 11.6 Å². The van der Waals surface area contributed by atoms with Gasteiger partial charge in [-0.3, -0.25) is 4.90 Å². The number of hydrogen-bond donors (Lipinski definition) is 0. The molecular formula is C11H23Cl2N3O. The predicted molar refractivity (Wildman–Crippen MR) is 74.3 cm³/mol. The third-order valence-corrected chi connectivity index (χ3v) is 3.25. The molecule has 6 heteroatoms. The Balaban J connectivity index is 0.00000256. The van der Waals surface area contributed by atoms with Crippen LogP contribution in [0.2, 0.25) is 0 Å². The molecule has 17 heavy (non-hydrogen) atoms. The van der Waals surface area contributed by atoms with Crippen LogP contribution in [0.4, 0.5) is 4.79 Å². The smallest absolute Gasteiger partial charge is 0.320 e. The van der Waals surface area contributed by atoms with Gasteiger partial charge in [0.25, 0.3) is 0 Å². The first-order valence-electron chi connectivity index (χ1n) is 6.05. The lowest BCUT2D eigenvalue weighted by molar-refractivity contribution is 0.118. The minimum atomic E-state index is 0. The molecule has 0 atom stereocenters. The maximum Gasteiger partial charge on any atom is 0.320 e. The van der Waals surface area contributed by atoms with Crippen molar-refractivity contribution >= 4 is 30.0 Å². The highest BCUT2D eigenvalue weighted by molar-refractivity contribution is 6.18. The van der Waals surface area contributed by atoms with Gasteiger partial charge in [0.05, 0.1) is 0 Å². The van der Waals surface area contributed by atoms with Crippen molar-refractivity contribution in [2.24, 2.45) is 0 Å². The van der Waals surface area contributed by atoms with Gasteiger partial charge in [0, 0.05) is 51.7 Å². The van der Waals surface area contributed by atoms with Crippen molar-refractivity contribution < 1.29 is 4.79 Å². The molecule has 1 fully saturated rings. The molecule has 0 unspecified atom stereocenters. The molecule has 1 aliphatic heterocycles. The molecule has 0 bridgehead atoms. The van der Waals surface area contributed by atoms with Gasteiger partial charge in [-0.25, -0.2) is 4.79 Å². The Morgan fingerprint density at radius 1 is 1.18 bits per heavy atom. The highest BCUT2D eigenvalue weighted by Gasteiger charge is 2.23. The first-order chi connectivity index (χ1) is 7.72.